The van der Waals surface area contributed by atoms with Gasteiger partial charge in [-0.3, -0.25) is 0 Å². The normalized spacial score (nSPS) is 16.5. The summed E-state index contributed by atoms with van der Waals surface area (Å²) in [4.78, 5) is 0. The number of ether oxygens (including phenoxy) is 1. The summed E-state index contributed by atoms with van der Waals surface area (Å²) in [6.45, 7) is 6.95. The van der Waals surface area contributed by atoms with Crippen LogP contribution in [0.15, 0.2) is 0 Å². The molecule has 1 N–H and O–H groups in total. The Hall–Kier alpha value is -0.520. The van der Waals surface area contributed by atoms with E-state index in [0.29, 0.717) is 0 Å². The van der Waals surface area contributed by atoms with Gasteiger partial charge in [0.1, 0.15) is 5.60 Å². The number of rotatable bonds is 2. The van der Waals surface area contributed by atoms with Gasteiger partial charge in [0.25, 0.3) is 0 Å². The smallest absolute Gasteiger partial charge is 0.150 e. The average Bonchev–Trinajstić information content (AvgIpc) is 1.87. The molecule has 0 saturated heterocycles. The highest BCUT2D eigenvalue weighted by atomic mass is 16.5. The first-order valence-electron chi connectivity index (χ1n) is 3.59. The third-order valence-corrected chi connectivity index (χ3v) is 2.05. The molecule has 2 heteroatoms. The van der Waals surface area contributed by atoms with Crippen molar-refractivity contribution >= 4 is 0 Å². The average molecular weight is 156 g/mol. The lowest BCUT2D eigenvalue weighted by atomic mass is 9.88. The lowest BCUT2D eigenvalue weighted by Crippen LogP contribution is -2.47. The topological polar surface area (TPSA) is 29.5 Å². The molecule has 0 saturated carbocycles. The summed E-state index contributed by atoms with van der Waals surface area (Å²) in [5.41, 5.74) is -1.72. The Balaban J connectivity index is 4.62. The van der Waals surface area contributed by atoms with Gasteiger partial charge in [-0.25, -0.2) is 0 Å². The monoisotopic (exact) mass is 156 g/mol. The van der Waals surface area contributed by atoms with Gasteiger partial charge < -0.3 is 9.84 Å². The van der Waals surface area contributed by atoms with Gasteiger partial charge in [0.15, 0.2) is 5.60 Å². The van der Waals surface area contributed by atoms with Gasteiger partial charge in [0.2, 0.25) is 0 Å². The quantitative estimate of drug-likeness (QED) is 0.608. The van der Waals surface area contributed by atoms with Crippen LogP contribution in [0.4, 0.5) is 0 Å². The molecule has 0 rings (SSSR count). The lowest BCUT2D eigenvalue weighted by molar-refractivity contribution is -0.107. The molecule has 0 aliphatic rings. The molecule has 0 aromatic carbocycles. The molecule has 1 unspecified atom stereocenters. The SMILES string of the molecule is CC#CC(C)(O)C(C)(C)OC. The van der Waals surface area contributed by atoms with Crippen LogP contribution in [-0.4, -0.2) is 23.4 Å². The zero-order valence-electron chi connectivity index (χ0n) is 7.86. The van der Waals surface area contributed by atoms with Gasteiger partial charge >= 0.3 is 0 Å². The van der Waals surface area contributed by atoms with Crippen LogP contribution >= 0.6 is 0 Å². The van der Waals surface area contributed by atoms with Gasteiger partial charge in [-0.05, 0) is 27.7 Å². The Bertz CT molecular complexity index is 181. The maximum absolute atomic E-state index is 9.74. The van der Waals surface area contributed by atoms with Crippen molar-refractivity contribution in [2.24, 2.45) is 0 Å². The summed E-state index contributed by atoms with van der Waals surface area (Å²) < 4.78 is 5.10. The Morgan fingerprint density at radius 3 is 2.00 bits per heavy atom. The minimum absolute atomic E-state index is 0.629. The van der Waals surface area contributed by atoms with Crippen molar-refractivity contribution in [3.8, 4) is 11.8 Å². The number of hydrogen-bond donors (Lipinski definition) is 1. The van der Waals surface area contributed by atoms with Crippen molar-refractivity contribution in [2.75, 3.05) is 7.11 Å². The van der Waals surface area contributed by atoms with Crippen LogP contribution in [0.5, 0.6) is 0 Å². The van der Waals surface area contributed by atoms with Crippen molar-refractivity contribution in [1.29, 1.82) is 0 Å². The van der Waals surface area contributed by atoms with E-state index >= 15 is 0 Å². The molecule has 0 aromatic heterocycles. The summed E-state index contributed by atoms with van der Waals surface area (Å²) >= 11 is 0. The van der Waals surface area contributed by atoms with Crippen LogP contribution in [0.25, 0.3) is 0 Å². The summed E-state index contributed by atoms with van der Waals surface area (Å²) in [6, 6.07) is 0. The lowest BCUT2D eigenvalue weighted by Gasteiger charge is -2.34. The van der Waals surface area contributed by atoms with Gasteiger partial charge in [-0.15, -0.1) is 5.92 Å². The van der Waals surface area contributed by atoms with Gasteiger partial charge in [0, 0.05) is 7.11 Å². The highest BCUT2D eigenvalue weighted by molar-refractivity contribution is 5.16. The van der Waals surface area contributed by atoms with Crippen LogP contribution in [-0.2, 0) is 4.74 Å². The van der Waals surface area contributed by atoms with E-state index in [1.807, 2.05) is 0 Å². The second kappa shape index (κ2) is 3.25. The second-order valence-corrected chi connectivity index (χ2v) is 3.16. The van der Waals surface area contributed by atoms with Gasteiger partial charge in [-0.2, -0.15) is 0 Å². The first-order valence-corrected chi connectivity index (χ1v) is 3.59. The first kappa shape index (κ1) is 10.5. The molecule has 0 radical (unpaired) electrons. The molecule has 0 spiro atoms. The zero-order valence-corrected chi connectivity index (χ0v) is 7.86. The molecule has 2 nitrogen and oxygen atoms in total. The second-order valence-electron chi connectivity index (χ2n) is 3.16. The molecule has 64 valence electrons. The summed E-state index contributed by atoms with van der Waals surface area (Å²) in [5, 5.41) is 9.74. The third-order valence-electron chi connectivity index (χ3n) is 2.05. The van der Waals surface area contributed by atoms with E-state index in [4.69, 9.17) is 4.74 Å². The van der Waals surface area contributed by atoms with Crippen molar-refractivity contribution in [1.82, 2.24) is 0 Å². The molecule has 0 aliphatic heterocycles. The van der Waals surface area contributed by atoms with Crippen LogP contribution in [0.2, 0.25) is 0 Å². The maximum atomic E-state index is 9.74. The molecule has 0 bridgehead atoms. The molecular formula is C9H16O2. The Morgan fingerprint density at radius 1 is 1.27 bits per heavy atom. The van der Waals surface area contributed by atoms with E-state index in [-0.39, 0.29) is 0 Å². The first-order chi connectivity index (χ1) is 4.87. The van der Waals surface area contributed by atoms with Crippen LogP contribution in [0, 0.1) is 11.8 Å². The minimum atomic E-state index is -1.09. The van der Waals surface area contributed by atoms with E-state index in [2.05, 4.69) is 11.8 Å². The fourth-order valence-electron chi connectivity index (χ4n) is 0.593. The highest BCUT2D eigenvalue weighted by Crippen LogP contribution is 2.23. The summed E-state index contributed by atoms with van der Waals surface area (Å²) in [6.07, 6.45) is 0. The summed E-state index contributed by atoms with van der Waals surface area (Å²) in [5.74, 6) is 5.36. The molecule has 11 heavy (non-hydrogen) atoms. The number of hydrogen-bond acceptors (Lipinski definition) is 2. The molecule has 1 atom stereocenters. The fraction of sp³-hybridized carbons (Fsp3) is 0.778. The maximum Gasteiger partial charge on any atom is 0.150 e. The van der Waals surface area contributed by atoms with E-state index in [1.165, 1.54) is 0 Å². The van der Waals surface area contributed by atoms with Gasteiger partial charge in [-0.1, -0.05) is 5.92 Å². The molecule has 0 aromatic rings. The highest BCUT2D eigenvalue weighted by Gasteiger charge is 2.37. The Kier molecular flexibility index (Phi) is 3.10. The third kappa shape index (κ3) is 2.21. The molecule has 0 amide bonds. The Morgan fingerprint density at radius 2 is 1.73 bits per heavy atom. The largest absolute Gasteiger partial charge is 0.375 e. The van der Waals surface area contributed by atoms with E-state index in [0.717, 1.165) is 0 Å². The Labute approximate surface area is 68.6 Å². The van der Waals surface area contributed by atoms with Crippen molar-refractivity contribution in [2.45, 2.75) is 38.9 Å². The van der Waals surface area contributed by atoms with Crippen molar-refractivity contribution in [3.05, 3.63) is 0 Å². The van der Waals surface area contributed by atoms with Gasteiger partial charge in [0.05, 0.1) is 0 Å². The standard InChI is InChI=1S/C9H16O2/c1-6-7-9(4,10)8(2,3)11-5/h10H,1-5H3. The minimum Gasteiger partial charge on any atom is -0.375 e. The summed E-state index contributed by atoms with van der Waals surface area (Å²) in [7, 11) is 1.56. The molecule has 0 aliphatic carbocycles. The predicted molar refractivity (Wildman–Crippen MR) is 45.2 cm³/mol. The number of aliphatic hydroxyl groups is 1. The fourth-order valence-corrected chi connectivity index (χ4v) is 0.593. The van der Waals surface area contributed by atoms with E-state index in [1.54, 1.807) is 34.8 Å². The van der Waals surface area contributed by atoms with Crippen LogP contribution in [0.3, 0.4) is 0 Å². The predicted octanol–water partition coefficient (Wildman–Crippen LogP) is 1.19. The number of methoxy groups -OCH3 is 1. The van der Waals surface area contributed by atoms with Crippen LogP contribution in [0.1, 0.15) is 27.7 Å². The molecular weight excluding hydrogens is 140 g/mol. The van der Waals surface area contributed by atoms with E-state index in [9.17, 15) is 5.11 Å². The zero-order chi connectivity index (χ0) is 9.12. The van der Waals surface area contributed by atoms with Crippen molar-refractivity contribution < 1.29 is 9.84 Å². The molecule has 0 fully saturated rings. The molecule has 0 heterocycles. The van der Waals surface area contributed by atoms with Crippen molar-refractivity contribution in [3.63, 3.8) is 0 Å². The van der Waals surface area contributed by atoms with Crippen LogP contribution < -0.4 is 0 Å². The van der Waals surface area contributed by atoms with E-state index < -0.39 is 11.2 Å².